The maximum Gasteiger partial charge on any atom is 0.407 e. The second-order valence-electron chi connectivity index (χ2n) is 6.13. The van der Waals surface area contributed by atoms with Crippen molar-refractivity contribution in [3.63, 3.8) is 0 Å². The molecule has 22 heavy (non-hydrogen) atoms. The monoisotopic (exact) mass is 312 g/mol. The lowest BCUT2D eigenvalue weighted by molar-refractivity contribution is -0.132. The molecule has 128 valence electrons. The number of rotatable bonds is 4. The molecular formula is C17H32N2O3. The van der Waals surface area contributed by atoms with Crippen molar-refractivity contribution in [3.05, 3.63) is 12.7 Å². The van der Waals surface area contributed by atoms with Crippen molar-refractivity contribution >= 4 is 12.0 Å². The van der Waals surface area contributed by atoms with Crippen LogP contribution in [0.15, 0.2) is 12.7 Å². The summed E-state index contributed by atoms with van der Waals surface area (Å²) in [6.45, 7) is 15.1. The van der Waals surface area contributed by atoms with Crippen molar-refractivity contribution < 1.29 is 14.3 Å². The van der Waals surface area contributed by atoms with Crippen LogP contribution >= 0.6 is 0 Å². The average Bonchev–Trinajstić information content (AvgIpc) is 2.47. The van der Waals surface area contributed by atoms with E-state index in [4.69, 9.17) is 4.74 Å². The number of nitrogens with zero attached hydrogens (tertiary/aromatic N) is 1. The summed E-state index contributed by atoms with van der Waals surface area (Å²) in [5.74, 6) is 0.613. The highest BCUT2D eigenvalue weighted by Gasteiger charge is 2.21. The first kappa shape index (κ1) is 20.5. The third-order valence-corrected chi connectivity index (χ3v) is 3.23. The summed E-state index contributed by atoms with van der Waals surface area (Å²) in [7, 11) is 0. The summed E-state index contributed by atoms with van der Waals surface area (Å²) >= 11 is 0. The topological polar surface area (TPSA) is 58.6 Å². The Morgan fingerprint density at radius 3 is 2.27 bits per heavy atom. The smallest absolute Gasteiger partial charge is 0.407 e. The molecule has 0 saturated carbocycles. The van der Waals surface area contributed by atoms with E-state index < -0.39 is 11.7 Å². The van der Waals surface area contributed by atoms with Gasteiger partial charge in [0.05, 0.1) is 0 Å². The molecular weight excluding hydrogens is 280 g/mol. The molecule has 0 aromatic heterocycles. The van der Waals surface area contributed by atoms with Gasteiger partial charge in [0.1, 0.15) is 5.60 Å². The first-order valence-corrected chi connectivity index (χ1v) is 8.19. The van der Waals surface area contributed by atoms with Crippen LogP contribution in [0.4, 0.5) is 4.79 Å². The zero-order valence-corrected chi connectivity index (χ0v) is 14.8. The van der Waals surface area contributed by atoms with Gasteiger partial charge in [-0.2, -0.15) is 0 Å². The third-order valence-electron chi connectivity index (χ3n) is 3.23. The number of allylic oxidation sites excluding steroid dienone is 1. The van der Waals surface area contributed by atoms with E-state index in [0.717, 1.165) is 25.9 Å². The van der Waals surface area contributed by atoms with E-state index in [1.807, 2.05) is 45.6 Å². The predicted molar refractivity (Wildman–Crippen MR) is 89.7 cm³/mol. The molecule has 0 spiro atoms. The average molecular weight is 312 g/mol. The van der Waals surface area contributed by atoms with Crippen LogP contribution in [-0.4, -0.2) is 42.1 Å². The van der Waals surface area contributed by atoms with Crippen molar-refractivity contribution in [1.82, 2.24) is 10.2 Å². The van der Waals surface area contributed by atoms with Gasteiger partial charge >= 0.3 is 6.09 Å². The fraction of sp³-hybridized carbons (Fsp3) is 0.765. The van der Waals surface area contributed by atoms with Crippen LogP contribution in [0.1, 0.15) is 53.9 Å². The number of piperidine rings is 1. The Kier molecular flexibility index (Phi) is 9.54. The van der Waals surface area contributed by atoms with Crippen molar-refractivity contribution in [3.8, 4) is 0 Å². The number of hydrogen-bond acceptors (Lipinski definition) is 3. The van der Waals surface area contributed by atoms with Crippen molar-refractivity contribution in [1.29, 1.82) is 0 Å². The number of alkyl carbamates (subject to hydrolysis) is 1. The molecule has 1 fully saturated rings. The summed E-state index contributed by atoms with van der Waals surface area (Å²) in [4.78, 5) is 25.3. The first-order valence-electron chi connectivity index (χ1n) is 8.19. The van der Waals surface area contributed by atoms with Crippen LogP contribution in [0, 0.1) is 5.92 Å². The second-order valence-corrected chi connectivity index (χ2v) is 6.13. The summed E-state index contributed by atoms with van der Waals surface area (Å²) in [5, 5.41) is 2.60. The SMILES string of the molecule is C=CC1CCN(C(=O)CCNC(=O)OC(C)(C)C)CC1.CC. The highest BCUT2D eigenvalue weighted by atomic mass is 16.6. The van der Waals surface area contributed by atoms with Crippen LogP contribution < -0.4 is 5.32 Å². The summed E-state index contributed by atoms with van der Waals surface area (Å²) in [6.07, 6.45) is 3.77. The van der Waals surface area contributed by atoms with E-state index in [2.05, 4.69) is 11.9 Å². The van der Waals surface area contributed by atoms with Gasteiger partial charge in [0.25, 0.3) is 0 Å². The lowest BCUT2D eigenvalue weighted by Crippen LogP contribution is -2.40. The molecule has 1 saturated heterocycles. The minimum Gasteiger partial charge on any atom is -0.444 e. The Bertz CT molecular complexity index is 353. The highest BCUT2D eigenvalue weighted by molar-refractivity contribution is 5.77. The maximum atomic E-state index is 12.0. The summed E-state index contributed by atoms with van der Waals surface area (Å²) in [5.41, 5.74) is -0.513. The summed E-state index contributed by atoms with van der Waals surface area (Å²) < 4.78 is 5.11. The largest absolute Gasteiger partial charge is 0.444 e. The zero-order chi connectivity index (χ0) is 17.2. The molecule has 1 aliphatic rings. The number of carbonyl (C=O) groups is 2. The van der Waals surface area contributed by atoms with Crippen molar-refractivity contribution in [2.75, 3.05) is 19.6 Å². The van der Waals surface area contributed by atoms with Crippen LogP contribution in [0.3, 0.4) is 0 Å². The van der Waals surface area contributed by atoms with Gasteiger partial charge < -0.3 is 15.0 Å². The van der Waals surface area contributed by atoms with Gasteiger partial charge in [-0.1, -0.05) is 19.9 Å². The number of carbonyl (C=O) groups excluding carboxylic acids is 2. The van der Waals surface area contributed by atoms with Crippen molar-refractivity contribution in [2.45, 2.75) is 59.5 Å². The van der Waals surface area contributed by atoms with Gasteiger partial charge in [0.2, 0.25) is 5.91 Å². The normalized spacial score (nSPS) is 15.4. The first-order chi connectivity index (χ1) is 10.3. The highest BCUT2D eigenvalue weighted by Crippen LogP contribution is 2.18. The third kappa shape index (κ3) is 8.70. The van der Waals surface area contributed by atoms with Gasteiger partial charge in [0, 0.05) is 26.1 Å². The molecule has 1 heterocycles. The molecule has 1 aliphatic heterocycles. The van der Waals surface area contributed by atoms with E-state index in [1.165, 1.54) is 0 Å². The van der Waals surface area contributed by atoms with Gasteiger partial charge in [0.15, 0.2) is 0 Å². The molecule has 5 heteroatoms. The van der Waals surface area contributed by atoms with Gasteiger partial charge in [-0.05, 0) is 39.5 Å². The Balaban J connectivity index is 0.00000211. The molecule has 0 aromatic carbocycles. The van der Waals surface area contributed by atoms with Crippen LogP contribution in [0.25, 0.3) is 0 Å². The van der Waals surface area contributed by atoms with Crippen molar-refractivity contribution in [2.24, 2.45) is 5.92 Å². The molecule has 2 amide bonds. The standard InChI is InChI=1S/C15H26N2O3.C2H6/c1-5-12-7-10-17(11-8-12)13(18)6-9-16-14(19)20-15(2,3)4;1-2/h5,12H,1,6-11H2,2-4H3,(H,16,19);1-2H3. The molecule has 0 radical (unpaired) electrons. The van der Waals surface area contributed by atoms with E-state index in [1.54, 1.807) is 0 Å². The van der Waals surface area contributed by atoms with E-state index in [9.17, 15) is 9.59 Å². The van der Waals surface area contributed by atoms with Gasteiger partial charge in [-0.25, -0.2) is 4.79 Å². The number of amides is 2. The predicted octanol–water partition coefficient (Wildman–Crippen LogP) is 3.35. The van der Waals surface area contributed by atoms with E-state index >= 15 is 0 Å². The molecule has 5 nitrogen and oxygen atoms in total. The summed E-state index contributed by atoms with van der Waals surface area (Å²) in [6, 6.07) is 0. The van der Waals surface area contributed by atoms with Gasteiger partial charge in [-0.15, -0.1) is 6.58 Å². The number of hydrogen-bond donors (Lipinski definition) is 1. The Morgan fingerprint density at radius 1 is 1.27 bits per heavy atom. The molecule has 0 aromatic rings. The van der Waals surface area contributed by atoms with Crippen LogP contribution in [0.5, 0.6) is 0 Å². The van der Waals surface area contributed by atoms with Gasteiger partial charge in [-0.3, -0.25) is 4.79 Å². The number of ether oxygens (including phenoxy) is 1. The van der Waals surface area contributed by atoms with E-state index in [-0.39, 0.29) is 5.91 Å². The molecule has 0 atom stereocenters. The zero-order valence-electron chi connectivity index (χ0n) is 14.8. The molecule has 0 aliphatic carbocycles. The molecule has 1 rings (SSSR count). The minimum absolute atomic E-state index is 0.0866. The lowest BCUT2D eigenvalue weighted by atomic mass is 9.97. The fourth-order valence-corrected chi connectivity index (χ4v) is 2.13. The Morgan fingerprint density at radius 2 is 1.82 bits per heavy atom. The molecule has 1 N–H and O–H groups in total. The van der Waals surface area contributed by atoms with Crippen LogP contribution in [0.2, 0.25) is 0 Å². The number of nitrogens with one attached hydrogen (secondary N) is 1. The molecule has 0 unspecified atom stereocenters. The molecule has 0 bridgehead atoms. The maximum absolute atomic E-state index is 12.0. The number of likely N-dealkylation sites (tertiary alicyclic amines) is 1. The minimum atomic E-state index is -0.513. The quantitative estimate of drug-likeness (QED) is 0.810. The lowest BCUT2D eigenvalue weighted by Gasteiger charge is -2.30. The van der Waals surface area contributed by atoms with Crippen LogP contribution in [-0.2, 0) is 9.53 Å². The fourth-order valence-electron chi connectivity index (χ4n) is 2.13. The Hall–Kier alpha value is -1.52. The van der Waals surface area contributed by atoms with E-state index in [0.29, 0.717) is 18.9 Å². The second kappa shape index (κ2) is 10.2. The Labute approximate surface area is 135 Å².